The van der Waals surface area contributed by atoms with Gasteiger partial charge in [-0.1, -0.05) is 30.3 Å². The highest BCUT2D eigenvalue weighted by atomic mass is 32.2. The van der Waals surface area contributed by atoms with Gasteiger partial charge in [0.25, 0.3) is 0 Å². The van der Waals surface area contributed by atoms with Crippen LogP contribution in [0.2, 0.25) is 0 Å². The highest BCUT2D eigenvalue weighted by molar-refractivity contribution is 7.99. The molecular formula is C17H23N3O2S. The van der Waals surface area contributed by atoms with E-state index in [1.54, 1.807) is 11.8 Å². The molecule has 2 fully saturated rings. The van der Waals surface area contributed by atoms with Gasteiger partial charge in [0, 0.05) is 30.8 Å². The number of carbonyl (C=O) groups excluding carboxylic acids is 2. The molecule has 124 valence electrons. The van der Waals surface area contributed by atoms with E-state index in [1.807, 2.05) is 35.2 Å². The van der Waals surface area contributed by atoms with E-state index in [4.69, 9.17) is 0 Å². The van der Waals surface area contributed by atoms with Crippen molar-refractivity contribution in [2.24, 2.45) is 0 Å². The Hall–Kier alpha value is -1.53. The van der Waals surface area contributed by atoms with Crippen LogP contribution >= 0.6 is 11.8 Å². The van der Waals surface area contributed by atoms with Gasteiger partial charge in [-0.3, -0.25) is 14.9 Å². The van der Waals surface area contributed by atoms with Crippen LogP contribution in [0.5, 0.6) is 0 Å². The lowest BCUT2D eigenvalue weighted by atomic mass is 10.0. The maximum atomic E-state index is 12.3. The molecule has 1 aromatic carbocycles. The summed E-state index contributed by atoms with van der Waals surface area (Å²) in [4.78, 5) is 26.3. The maximum absolute atomic E-state index is 12.3. The molecule has 0 aliphatic carbocycles. The number of piperidine rings is 1. The van der Waals surface area contributed by atoms with E-state index < -0.39 is 0 Å². The second kappa shape index (κ2) is 7.84. The van der Waals surface area contributed by atoms with Gasteiger partial charge in [0.1, 0.15) is 0 Å². The Morgan fingerprint density at radius 1 is 1.22 bits per heavy atom. The number of nitrogens with zero attached hydrogens (tertiary/aromatic N) is 1. The summed E-state index contributed by atoms with van der Waals surface area (Å²) in [5.41, 5.74) is 1.05. The summed E-state index contributed by atoms with van der Waals surface area (Å²) in [6, 6.07) is 9.97. The third kappa shape index (κ3) is 4.48. The minimum Gasteiger partial charge on any atom is -0.352 e. The van der Waals surface area contributed by atoms with E-state index in [0.717, 1.165) is 43.1 Å². The van der Waals surface area contributed by atoms with Gasteiger partial charge in [-0.25, -0.2) is 0 Å². The topological polar surface area (TPSA) is 61.4 Å². The summed E-state index contributed by atoms with van der Waals surface area (Å²) in [6.45, 7) is 1.45. The van der Waals surface area contributed by atoms with Crippen LogP contribution in [0.15, 0.2) is 30.3 Å². The van der Waals surface area contributed by atoms with Crippen LogP contribution in [0, 0.1) is 0 Å². The van der Waals surface area contributed by atoms with Crippen LogP contribution in [0.1, 0.15) is 18.4 Å². The molecular weight excluding hydrogens is 310 g/mol. The zero-order chi connectivity index (χ0) is 16.1. The molecule has 1 aromatic rings. The van der Waals surface area contributed by atoms with Gasteiger partial charge in [0.2, 0.25) is 11.8 Å². The van der Waals surface area contributed by atoms with Crippen molar-refractivity contribution in [2.75, 3.05) is 24.7 Å². The van der Waals surface area contributed by atoms with Gasteiger partial charge < -0.3 is 10.2 Å². The lowest BCUT2D eigenvalue weighted by molar-refractivity contribution is -0.131. The average molecular weight is 333 g/mol. The molecule has 2 heterocycles. The van der Waals surface area contributed by atoms with E-state index in [1.165, 1.54) is 0 Å². The molecule has 0 aromatic heterocycles. The van der Waals surface area contributed by atoms with Crippen molar-refractivity contribution in [3.8, 4) is 0 Å². The SMILES string of the molecule is O=C(NC1CCN(C(=O)Cc2ccccc2)CC1)C1CSCN1. The van der Waals surface area contributed by atoms with Crippen LogP contribution in [0.3, 0.4) is 0 Å². The lowest BCUT2D eigenvalue weighted by Crippen LogP contribution is -2.51. The quantitative estimate of drug-likeness (QED) is 0.863. The van der Waals surface area contributed by atoms with Crippen molar-refractivity contribution in [3.63, 3.8) is 0 Å². The fourth-order valence-corrected chi connectivity index (χ4v) is 3.96. The Bertz CT molecular complexity index is 538. The molecule has 6 heteroatoms. The van der Waals surface area contributed by atoms with Crippen LogP contribution in [-0.4, -0.2) is 53.5 Å². The normalized spacial score (nSPS) is 22.1. The Morgan fingerprint density at radius 2 is 1.96 bits per heavy atom. The number of rotatable bonds is 4. The second-order valence-electron chi connectivity index (χ2n) is 6.10. The molecule has 2 N–H and O–H groups in total. The molecule has 1 atom stereocenters. The number of hydrogen-bond acceptors (Lipinski definition) is 4. The fraction of sp³-hybridized carbons (Fsp3) is 0.529. The van der Waals surface area contributed by atoms with E-state index in [0.29, 0.717) is 6.42 Å². The third-order valence-electron chi connectivity index (χ3n) is 4.43. The second-order valence-corrected chi connectivity index (χ2v) is 7.13. The number of likely N-dealkylation sites (tertiary alicyclic amines) is 1. The van der Waals surface area contributed by atoms with Crippen LogP contribution in [0.25, 0.3) is 0 Å². The average Bonchev–Trinajstić information content (AvgIpc) is 3.11. The molecule has 2 aliphatic rings. The zero-order valence-corrected chi connectivity index (χ0v) is 14.0. The van der Waals surface area contributed by atoms with Crippen LogP contribution in [-0.2, 0) is 16.0 Å². The first-order valence-corrected chi connectivity index (χ1v) is 9.31. The fourth-order valence-electron chi connectivity index (χ4n) is 3.02. The molecule has 3 rings (SSSR count). The molecule has 2 aliphatic heterocycles. The highest BCUT2D eigenvalue weighted by Crippen LogP contribution is 2.14. The van der Waals surface area contributed by atoms with Gasteiger partial charge in [-0.05, 0) is 18.4 Å². The lowest BCUT2D eigenvalue weighted by Gasteiger charge is -2.33. The number of thioether (sulfide) groups is 1. The van der Waals surface area contributed by atoms with Gasteiger partial charge in [0.05, 0.1) is 12.5 Å². The summed E-state index contributed by atoms with van der Waals surface area (Å²) >= 11 is 1.75. The van der Waals surface area contributed by atoms with Gasteiger partial charge >= 0.3 is 0 Å². The summed E-state index contributed by atoms with van der Waals surface area (Å²) in [5, 5.41) is 6.30. The van der Waals surface area contributed by atoms with Crippen molar-refractivity contribution in [1.29, 1.82) is 0 Å². The van der Waals surface area contributed by atoms with E-state index >= 15 is 0 Å². The van der Waals surface area contributed by atoms with Gasteiger partial charge in [-0.15, -0.1) is 11.8 Å². The van der Waals surface area contributed by atoms with Gasteiger partial charge in [0.15, 0.2) is 0 Å². The number of carbonyl (C=O) groups is 2. The summed E-state index contributed by atoms with van der Waals surface area (Å²) in [6.07, 6.45) is 2.14. The predicted octanol–water partition coefficient (Wildman–Crippen LogP) is 0.999. The van der Waals surface area contributed by atoms with Crippen molar-refractivity contribution >= 4 is 23.6 Å². The molecule has 0 bridgehead atoms. The van der Waals surface area contributed by atoms with Crippen molar-refractivity contribution in [1.82, 2.24) is 15.5 Å². The molecule has 0 spiro atoms. The molecule has 0 saturated carbocycles. The monoisotopic (exact) mass is 333 g/mol. The van der Waals surface area contributed by atoms with Crippen LogP contribution < -0.4 is 10.6 Å². The van der Waals surface area contributed by atoms with E-state index in [9.17, 15) is 9.59 Å². The first kappa shape index (κ1) is 16.3. The first-order chi connectivity index (χ1) is 11.2. The van der Waals surface area contributed by atoms with Crippen molar-refractivity contribution in [3.05, 3.63) is 35.9 Å². The van der Waals surface area contributed by atoms with E-state index in [-0.39, 0.29) is 23.9 Å². The Balaban J connectivity index is 1.42. The number of nitrogens with one attached hydrogen (secondary N) is 2. The molecule has 1 unspecified atom stereocenters. The maximum Gasteiger partial charge on any atom is 0.238 e. The molecule has 23 heavy (non-hydrogen) atoms. The Morgan fingerprint density at radius 3 is 2.61 bits per heavy atom. The molecule has 5 nitrogen and oxygen atoms in total. The number of benzene rings is 1. The number of amides is 2. The first-order valence-electron chi connectivity index (χ1n) is 8.15. The smallest absolute Gasteiger partial charge is 0.238 e. The van der Waals surface area contributed by atoms with Crippen molar-refractivity contribution in [2.45, 2.75) is 31.3 Å². The minimum absolute atomic E-state index is 0.0576. The summed E-state index contributed by atoms with van der Waals surface area (Å²) < 4.78 is 0. The third-order valence-corrected chi connectivity index (χ3v) is 5.36. The van der Waals surface area contributed by atoms with Gasteiger partial charge in [-0.2, -0.15) is 0 Å². The van der Waals surface area contributed by atoms with Crippen LogP contribution in [0.4, 0.5) is 0 Å². The zero-order valence-electron chi connectivity index (χ0n) is 13.2. The Labute approximate surface area is 141 Å². The van der Waals surface area contributed by atoms with E-state index in [2.05, 4.69) is 10.6 Å². The summed E-state index contributed by atoms with van der Waals surface area (Å²) in [5.74, 6) is 1.98. The predicted molar refractivity (Wildman–Crippen MR) is 92.1 cm³/mol. The Kier molecular flexibility index (Phi) is 5.56. The van der Waals surface area contributed by atoms with Crippen molar-refractivity contribution < 1.29 is 9.59 Å². The largest absolute Gasteiger partial charge is 0.352 e. The highest BCUT2D eigenvalue weighted by Gasteiger charge is 2.27. The minimum atomic E-state index is -0.0576. The molecule has 0 radical (unpaired) electrons. The standard InChI is InChI=1S/C17H23N3O2S/c21-16(10-13-4-2-1-3-5-13)20-8-6-14(7-9-20)19-17(22)15-11-23-12-18-15/h1-5,14-15,18H,6-12H2,(H,19,22). The number of hydrogen-bond donors (Lipinski definition) is 2. The summed E-state index contributed by atoms with van der Waals surface area (Å²) in [7, 11) is 0. The molecule has 2 saturated heterocycles. The molecule has 2 amide bonds.